The number of ether oxygens (including phenoxy) is 2. The van der Waals surface area contributed by atoms with E-state index in [-0.39, 0.29) is 42.9 Å². The molecule has 0 spiro atoms. The van der Waals surface area contributed by atoms with E-state index in [9.17, 15) is 13.2 Å². The van der Waals surface area contributed by atoms with E-state index in [2.05, 4.69) is 15.6 Å². The Hall–Kier alpha value is -0.290. The van der Waals surface area contributed by atoms with Crippen molar-refractivity contribution in [2.45, 2.75) is 64.1 Å². The summed E-state index contributed by atoms with van der Waals surface area (Å²) in [6, 6.07) is 0.0613. The van der Waals surface area contributed by atoms with E-state index in [4.69, 9.17) is 9.47 Å². The zero-order valence-electron chi connectivity index (χ0n) is 16.7. The quantitative estimate of drug-likeness (QED) is 0.219. The average Bonchev–Trinajstić information content (AvgIpc) is 2.65. The van der Waals surface area contributed by atoms with Crippen LogP contribution in [0.5, 0.6) is 0 Å². The molecular formula is C19H35F3IN3O2. The summed E-state index contributed by atoms with van der Waals surface area (Å²) in [5.41, 5.74) is 0. The largest absolute Gasteiger partial charge is 0.391 e. The molecule has 2 N–H and O–H groups in total. The molecule has 0 aromatic carbocycles. The molecule has 0 aromatic rings. The lowest BCUT2D eigenvalue weighted by Crippen LogP contribution is -2.45. The van der Waals surface area contributed by atoms with Gasteiger partial charge < -0.3 is 20.1 Å². The predicted octanol–water partition coefficient (Wildman–Crippen LogP) is 4.11. The third kappa shape index (κ3) is 9.96. The minimum Gasteiger partial charge on any atom is -0.381 e. The lowest BCUT2D eigenvalue weighted by molar-refractivity contribution is -0.182. The smallest absolute Gasteiger partial charge is 0.381 e. The van der Waals surface area contributed by atoms with Crippen LogP contribution in [-0.4, -0.2) is 57.7 Å². The van der Waals surface area contributed by atoms with E-state index < -0.39 is 12.1 Å². The van der Waals surface area contributed by atoms with Crippen LogP contribution in [0.4, 0.5) is 13.2 Å². The molecule has 5 nitrogen and oxygen atoms in total. The number of rotatable bonds is 8. The lowest BCUT2D eigenvalue weighted by Gasteiger charge is -2.31. The van der Waals surface area contributed by atoms with E-state index in [1.54, 1.807) is 0 Å². The first-order valence-electron chi connectivity index (χ1n) is 10.3. The Labute approximate surface area is 183 Å². The van der Waals surface area contributed by atoms with Gasteiger partial charge in [-0.1, -0.05) is 0 Å². The molecule has 166 valence electrons. The Kier molecular flexibility index (Phi) is 12.7. The Bertz CT molecular complexity index is 439. The fraction of sp³-hybridized carbons (Fsp3) is 0.947. The molecule has 9 heteroatoms. The van der Waals surface area contributed by atoms with Crippen molar-refractivity contribution >= 4 is 29.9 Å². The Morgan fingerprint density at radius 1 is 1.11 bits per heavy atom. The molecule has 1 saturated heterocycles. The highest BCUT2D eigenvalue weighted by atomic mass is 127. The number of guanidine groups is 1. The van der Waals surface area contributed by atoms with Gasteiger partial charge in [-0.3, -0.25) is 4.99 Å². The molecule has 1 aliphatic heterocycles. The summed E-state index contributed by atoms with van der Waals surface area (Å²) in [5, 5.41) is 6.46. The first kappa shape index (κ1) is 25.7. The Balaban J connectivity index is 0.00000392. The number of nitrogens with zero attached hydrogens (tertiary/aromatic N) is 1. The van der Waals surface area contributed by atoms with Crippen LogP contribution >= 0.6 is 24.0 Å². The molecular weight excluding hydrogens is 486 g/mol. The molecule has 1 aliphatic carbocycles. The van der Waals surface area contributed by atoms with Crippen molar-refractivity contribution in [3.63, 3.8) is 0 Å². The minimum atomic E-state index is -4.06. The van der Waals surface area contributed by atoms with Crippen LogP contribution in [0.1, 0.15) is 51.9 Å². The van der Waals surface area contributed by atoms with Gasteiger partial charge in [-0.25, -0.2) is 0 Å². The molecule has 28 heavy (non-hydrogen) atoms. The number of hydrogen-bond acceptors (Lipinski definition) is 3. The molecule has 0 unspecified atom stereocenters. The number of hydrogen-bond donors (Lipinski definition) is 2. The summed E-state index contributed by atoms with van der Waals surface area (Å²) >= 11 is 0. The zero-order chi connectivity index (χ0) is 19.5. The third-order valence-electron chi connectivity index (χ3n) is 5.29. The predicted molar refractivity (Wildman–Crippen MR) is 115 cm³/mol. The van der Waals surface area contributed by atoms with Crippen LogP contribution in [0.2, 0.25) is 0 Å². The maximum atomic E-state index is 12.8. The second-order valence-electron chi connectivity index (χ2n) is 7.48. The summed E-state index contributed by atoms with van der Waals surface area (Å²) < 4.78 is 49.4. The summed E-state index contributed by atoms with van der Waals surface area (Å²) in [5.74, 6) is 0.147. The number of aliphatic imine (C=N–C) groups is 1. The maximum absolute atomic E-state index is 12.8. The summed E-state index contributed by atoms with van der Waals surface area (Å²) in [7, 11) is 0. The van der Waals surface area contributed by atoms with Gasteiger partial charge in [-0.2, -0.15) is 13.2 Å². The molecule has 2 aliphatic rings. The molecule has 0 aromatic heterocycles. The Morgan fingerprint density at radius 2 is 1.79 bits per heavy atom. The van der Waals surface area contributed by atoms with Crippen LogP contribution in [0.25, 0.3) is 0 Å². The third-order valence-corrected chi connectivity index (χ3v) is 5.29. The van der Waals surface area contributed by atoms with Gasteiger partial charge >= 0.3 is 6.18 Å². The molecule has 0 radical (unpaired) electrons. The van der Waals surface area contributed by atoms with Crippen molar-refractivity contribution in [3.8, 4) is 0 Å². The summed E-state index contributed by atoms with van der Waals surface area (Å²) in [4.78, 5) is 4.53. The van der Waals surface area contributed by atoms with Gasteiger partial charge in [0, 0.05) is 45.6 Å². The zero-order valence-corrected chi connectivity index (χ0v) is 19.1. The van der Waals surface area contributed by atoms with Gasteiger partial charge in [0.05, 0.1) is 5.92 Å². The Morgan fingerprint density at radius 3 is 2.39 bits per heavy atom. The van der Waals surface area contributed by atoms with Gasteiger partial charge in [0.25, 0.3) is 0 Å². The van der Waals surface area contributed by atoms with Crippen LogP contribution in [0.15, 0.2) is 4.99 Å². The first-order chi connectivity index (χ1) is 13.0. The van der Waals surface area contributed by atoms with E-state index in [0.29, 0.717) is 37.9 Å². The van der Waals surface area contributed by atoms with Gasteiger partial charge in [0.15, 0.2) is 5.96 Å². The molecule has 0 bridgehead atoms. The standard InChI is InChI=1S/C19H34F3N3O2.HI/c1-2-23-18(25-17-6-4-16(5-7-17)19(20,21)22)24-10-3-11-27-14-15-8-12-26-13-9-15;/h15-17H,2-14H2,1H3,(H2,23,24,25);1H. The first-order valence-corrected chi connectivity index (χ1v) is 10.3. The lowest BCUT2D eigenvalue weighted by atomic mass is 9.85. The normalized spacial score (nSPS) is 24.5. The van der Waals surface area contributed by atoms with Crippen molar-refractivity contribution in [2.75, 3.05) is 39.5 Å². The number of alkyl halides is 3. The number of nitrogens with one attached hydrogen (secondary N) is 2. The monoisotopic (exact) mass is 521 g/mol. The van der Waals surface area contributed by atoms with Crippen LogP contribution in [0.3, 0.4) is 0 Å². The summed E-state index contributed by atoms with van der Waals surface area (Å²) in [6.07, 6.45) is 0.369. The van der Waals surface area contributed by atoms with E-state index in [1.807, 2.05) is 6.92 Å². The van der Waals surface area contributed by atoms with Crippen LogP contribution < -0.4 is 10.6 Å². The van der Waals surface area contributed by atoms with Crippen molar-refractivity contribution < 1.29 is 22.6 Å². The molecule has 0 amide bonds. The molecule has 2 fully saturated rings. The summed E-state index contributed by atoms with van der Waals surface area (Å²) in [6.45, 7) is 6.48. The van der Waals surface area contributed by atoms with Gasteiger partial charge in [0.1, 0.15) is 0 Å². The average molecular weight is 521 g/mol. The van der Waals surface area contributed by atoms with Crippen molar-refractivity contribution in [1.82, 2.24) is 10.6 Å². The SMILES string of the molecule is CCNC(=NCCCOCC1CCOCC1)NC1CCC(C(F)(F)F)CC1.I. The highest BCUT2D eigenvalue weighted by Gasteiger charge is 2.41. The fourth-order valence-electron chi connectivity index (χ4n) is 3.60. The fourth-order valence-corrected chi connectivity index (χ4v) is 3.60. The van der Waals surface area contributed by atoms with Gasteiger partial charge in [0.2, 0.25) is 0 Å². The molecule has 1 heterocycles. The van der Waals surface area contributed by atoms with Crippen molar-refractivity contribution in [1.29, 1.82) is 0 Å². The van der Waals surface area contributed by atoms with Crippen LogP contribution in [-0.2, 0) is 9.47 Å². The maximum Gasteiger partial charge on any atom is 0.391 e. The van der Waals surface area contributed by atoms with Crippen molar-refractivity contribution in [3.05, 3.63) is 0 Å². The topological polar surface area (TPSA) is 54.9 Å². The minimum absolute atomic E-state index is 0. The molecule has 1 saturated carbocycles. The highest BCUT2D eigenvalue weighted by Crippen LogP contribution is 2.37. The van der Waals surface area contributed by atoms with Crippen molar-refractivity contribution in [2.24, 2.45) is 16.8 Å². The molecule has 2 rings (SSSR count). The highest BCUT2D eigenvalue weighted by molar-refractivity contribution is 14.0. The second kappa shape index (κ2) is 13.8. The second-order valence-corrected chi connectivity index (χ2v) is 7.48. The van der Waals surface area contributed by atoms with Gasteiger partial charge in [-0.05, 0) is 57.8 Å². The van der Waals surface area contributed by atoms with E-state index in [0.717, 1.165) is 45.6 Å². The molecule has 0 atom stereocenters. The van der Waals surface area contributed by atoms with E-state index >= 15 is 0 Å². The van der Waals surface area contributed by atoms with Crippen LogP contribution in [0, 0.1) is 11.8 Å². The van der Waals surface area contributed by atoms with Gasteiger partial charge in [-0.15, -0.1) is 24.0 Å². The van der Waals surface area contributed by atoms with E-state index in [1.165, 1.54) is 0 Å². The number of halogens is 4.